The number of ether oxygens (including phenoxy) is 2. The van der Waals surface area contributed by atoms with Crippen LogP contribution in [-0.2, 0) is 15.9 Å². The zero-order valence-electron chi connectivity index (χ0n) is 18.5. The summed E-state index contributed by atoms with van der Waals surface area (Å²) in [6.07, 6.45) is 5.14. The Labute approximate surface area is 179 Å². The molecule has 1 aromatic heterocycles. The molecule has 170 valence electrons. The van der Waals surface area contributed by atoms with E-state index < -0.39 is 24.4 Å². The van der Waals surface area contributed by atoms with Gasteiger partial charge in [0.25, 0.3) is 0 Å². The highest BCUT2D eigenvalue weighted by molar-refractivity contribution is 5.43. The van der Waals surface area contributed by atoms with E-state index in [0.29, 0.717) is 25.3 Å². The highest BCUT2D eigenvalue weighted by Gasteiger charge is 2.48. The highest BCUT2D eigenvalue weighted by Crippen LogP contribution is 2.38. The zero-order valence-corrected chi connectivity index (χ0v) is 18.5. The number of aliphatic hydroxyl groups excluding tert-OH is 3. The number of nitrogens with zero attached hydrogens (tertiary/aromatic N) is 1. The van der Waals surface area contributed by atoms with Crippen LogP contribution in [0.25, 0.3) is 6.08 Å². The third kappa shape index (κ3) is 5.92. The number of epoxide rings is 1. The maximum Gasteiger partial charge on any atom is 0.218 e. The van der Waals surface area contributed by atoms with E-state index in [1.54, 1.807) is 13.1 Å². The van der Waals surface area contributed by atoms with Crippen LogP contribution in [-0.4, -0.2) is 63.5 Å². The topological polar surface area (TPSA) is 108 Å². The molecular formula is C23H37NO6. The van der Waals surface area contributed by atoms with Crippen LogP contribution in [0.4, 0.5) is 0 Å². The van der Waals surface area contributed by atoms with Crippen LogP contribution in [0.3, 0.4) is 0 Å². The number of unbranched alkanes of at least 4 members (excludes halogenated alkanes) is 1. The molecule has 0 saturated carbocycles. The molecule has 0 aliphatic carbocycles. The lowest BCUT2D eigenvalue weighted by Crippen LogP contribution is -2.50. The zero-order chi connectivity index (χ0) is 21.8. The summed E-state index contributed by atoms with van der Waals surface area (Å²) < 4.78 is 17.3. The van der Waals surface area contributed by atoms with Gasteiger partial charge in [-0.2, -0.15) is 0 Å². The van der Waals surface area contributed by atoms with Gasteiger partial charge in [-0.3, -0.25) is 0 Å². The van der Waals surface area contributed by atoms with Crippen molar-refractivity contribution in [1.82, 2.24) is 4.98 Å². The molecule has 2 aliphatic heterocycles. The van der Waals surface area contributed by atoms with E-state index in [0.717, 1.165) is 30.6 Å². The predicted octanol–water partition coefficient (Wildman–Crippen LogP) is 2.72. The van der Waals surface area contributed by atoms with Crippen molar-refractivity contribution < 1.29 is 29.2 Å². The number of aliphatic hydroxyl groups is 3. The minimum atomic E-state index is -0.955. The second kappa shape index (κ2) is 10.4. The van der Waals surface area contributed by atoms with Gasteiger partial charge < -0.3 is 29.2 Å². The standard InChI is InChI=1S/C23H37NO6/c1-5-6-7-17-11-24-20(29-17)9-13(2)8-18-22(27)21(26)16(12-28-18)10-19-23(30-19)14(3)15(4)25/h9,11,14-16,18-19,21-23,25-27H,5-8,10,12H2,1-4H3/b13-9+/t14-,15-,16-,18-,19-,21+,22-,23-/m0/s1. The van der Waals surface area contributed by atoms with Crippen molar-refractivity contribution in [2.75, 3.05) is 6.61 Å². The molecule has 0 aromatic carbocycles. The average Bonchev–Trinajstić information content (AvgIpc) is 3.33. The molecule has 3 heterocycles. The van der Waals surface area contributed by atoms with Crippen LogP contribution in [0, 0.1) is 11.8 Å². The van der Waals surface area contributed by atoms with Gasteiger partial charge in [0, 0.05) is 18.3 Å². The quantitative estimate of drug-likeness (QED) is 0.497. The fourth-order valence-corrected chi connectivity index (χ4v) is 4.15. The smallest absolute Gasteiger partial charge is 0.218 e. The molecule has 3 rings (SSSR count). The first-order valence-corrected chi connectivity index (χ1v) is 11.2. The van der Waals surface area contributed by atoms with E-state index in [-0.39, 0.29) is 24.0 Å². The molecule has 0 unspecified atom stereocenters. The minimum absolute atomic E-state index is 0.00941. The lowest BCUT2D eigenvalue weighted by molar-refractivity contribution is -0.165. The molecule has 1 aromatic rings. The molecule has 0 bridgehead atoms. The number of oxazole rings is 1. The first-order chi connectivity index (χ1) is 14.3. The number of rotatable bonds is 10. The first-order valence-electron chi connectivity index (χ1n) is 11.2. The molecule has 30 heavy (non-hydrogen) atoms. The fraction of sp³-hybridized carbons (Fsp3) is 0.783. The lowest BCUT2D eigenvalue weighted by atomic mass is 9.85. The van der Waals surface area contributed by atoms with Crippen molar-refractivity contribution in [3.8, 4) is 0 Å². The average molecular weight is 424 g/mol. The second-order valence-corrected chi connectivity index (χ2v) is 9.05. The number of hydrogen-bond donors (Lipinski definition) is 3. The summed E-state index contributed by atoms with van der Waals surface area (Å²) in [5, 5.41) is 30.9. The van der Waals surface area contributed by atoms with Crippen LogP contribution in [0.1, 0.15) is 65.0 Å². The fourth-order valence-electron chi connectivity index (χ4n) is 4.15. The van der Waals surface area contributed by atoms with Crippen LogP contribution >= 0.6 is 0 Å². The van der Waals surface area contributed by atoms with Gasteiger partial charge in [0.1, 0.15) is 11.9 Å². The van der Waals surface area contributed by atoms with Crippen LogP contribution in [0.15, 0.2) is 16.2 Å². The summed E-state index contributed by atoms with van der Waals surface area (Å²) in [5.74, 6) is 1.32. The maximum atomic E-state index is 10.6. The van der Waals surface area contributed by atoms with Gasteiger partial charge in [0.15, 0.2) is 0 Å². The number of hydrogen-bond acceptors (Lipinski definition) is 7. The Kier molecular flexibility index (Phi) is 8.10. The molecule has 2 saturated heterocycles. The summed E-state index contributed by atoms with van der Waals surface area (Å²) in [4.78, 5) is 4.29. The van der Waals surface area contributed by atoms with Crippen molar-refractivity contribution in [2.24, 2.45) is 11.8 Å². The van der Waals surface area contributed by atoms with Crippen molar-refractivity contribution in [3.63, 3.8) is 0 Å². The van der Waals surface area contributed by atoms with Gasteiger partial charge in [0.05, 0.1) is 43.3 Å². The summed E-state index contributed by atoms with van der Waals surface area (Å²) >= 11 is 0. The molecule has 0 radical (unpaired) electrons. The third-order valence-corrected chi connectivity index (χ3v) is 6.42. The lowest BCUT2D eigenvalue weighted by Gasteiger charge is -2.38. The van der Waals surface area contributed by atoms with Crippen LogP contribution < -0.4 is 0 Å². The summed E-state index contributed by atoms with van der Waals surface area (Å²) in [6, 6.07) is 0. The Morgan fingerprint density at radius 2 is 2.03 bits per heavy atom. The highest BCUT2D eigenvalue weighted by atomic mass is 16.6. The predicted molar refractivity (Wildman–Crippen MR) is 113 cm³/mol. The van der Waals surface area contributed by atoms with Crippen molar-refractivity contribution in [3.05, 3.63) is 23.4 Å². The summed E-state index contributed by atoms with van der Waals surface area (Å²) in [5.41, 5.74) is 0.977. The Morgan fingerprint density at radius 1 is 1.27 bits per heavy atom. The molecule has 0 spiro atoms. The minimum Gasteiger partial charge on any atom is -0.442 e. The van der Waals surface area contributed by atoms with Gasteiger partial charge in [-0.05, 0) is 39.2 Å². The molecule has 0 amide bonds. The van der Waals surface area contributed by atoms with Gasteiger partial charge >= 0.3 is 0 Å². The Hall–Kier alpha value is -1.25. The summed E-state index contributed by atoms with van der Waals surface area (Å²) in [6.45, 7) is 8.19. The monoisotopic (exact) mass is 423 g/mol. The van der Waals surface area contributed by atoms with E-state index in [2.05, 4.69) is 11.9 Å². The van der Waals surface area contributed by atoms with E-state index in [4.69, 9.17) is 13.9 Å². The van der Waals surface area contributed by atoms with Crippen molar-refractivity contribution in [1.29, 1.82) is 0 Å². The van der Waals surface area contributed by atoms with Crippen molar-refractivity contribution in [2.45, 2.75) is 96.4 Å². The number of aromatic nitrogens is 1. The Bertz CT molecular complexity index is 702. The molecule has 2 fully saturated rings. The summed E-state index contributed by atoms with van der Waals surface area (Å²) in [7, 11) is 0. The largest absolute Gasteiger partial charge is 0.442 e. The van der Waals surface area contributed by atoms with Crippen LogP contribution in [0.2, 0.25) is 0 Å². The normalized spacial score (nSPS) is 34.0. The molecular weight excluding hydrogens is 386 g/mol. The van der Waals surface area contributed by atoms with Crippen molar-refractivity contribution >= 4 is 6.08 Å². The molecule has 8 atom stereocenters. The van der Waals surface area contributed by atoms with Crippen LogP contribution in [0.5, 0.6) is 0 Å². The third-order valence-electron chi connectivity index (χ3n) is 6.42. The Balaban J connectivity index is 1.49. The maximum absolute atomic E-state index is 10.6. The van der Waals surface area contributed by atoms with Gasteiger partial charge in [-0.15, -0.1) is 0 Å². The molecule has 3 N–H and O–H groups in total. The first kappa shape index (κ1) is 23.4. The molecule has 7 heteroatoms. The SMILES string of the molecule is CCCCc1cnc(/C=C(\C)C[C@@H]2OC[C@H](C[C@@H]3O[C@H]3[C@@H](C)[C@H](C)O)[C@@H](O)[C@H]2O)o1. The van der Waals surface area contributed by atoms with Gasteiger partial charge in [-0.25, -0.2) is 4.98 Å². The van der Waals surface area contributed by atoms with Gasteiger partial charge in [-0.1, -0.05) is 25.8 Å². The van der Waals surface area contributed by atoms with Gasteiger partial charge in [0.2, 0.25) is 5.89 Å². The van der Waals surface area contributed by atoms with E-state index in [1.165, 1.54) is 0 Å². The molecule has 7 nitrogen and oxygen atoms in total. The molecule has 2 aliphatic rings. The van der Waals surface area contributed by atoms with E-state index >= 15 is 0 Å². The second-order valence-electron chi connectivity index (χ2n) is 9.05. The number of aryl methyl sites for hydroxylation is 1. The van der Waals surface area contributed by atoms with E-state index in [9.17, 15) is 15.3 Å². The van der Waals surface area contributed by atoms with E-state index in [1.807, 2.05) is 19.9 Å². The Morgan fingerprint density at radius 3 is 2.73 bits per heavy atom.